The molecule has 0 N–H and O–H groups in total. The van der Waals surface area contributed by atoms with Crippen LogP contribution in [0.1, 0.15) is 30.1 Å². The zero-order chi connectivity index (χ0) is 12.8. The average molecular weight is 240 g/mol. The number of hydrogen-bond acceptors (Lipinski definition) is 5. The van der Waals surface area contributed by atoms with E-state index in [1.807, 2.05) is 0 Å². The van der Waals surface area contributed by atoms with Gasteiger partial charge < -0.3 is 14.2 Å². The maximum absolute atomic E-state index is 11.9. The molecule has 1 aromatic rings. The number of aryl methyl sites for hydroxylation is 1. The fraction of sp³-hybridized carbons (Fsp3) is 0.545. The number of likely N-dealkylation sites (N-methyl/N-ethyl adjacent to an activating group) is 1. The number of carbonyl (C=O) groups is 2. The standard InChI is InChI=1S/C11H16N2O4/c1-4-13(7-10(14)16-5-2)11(15)9-6-8(3)17-12-9/h6H,4-5,7H2,1-3H3. The average Bonchev–Trinajstić information content (AvgIpc) is 2.72. The molecule has 0 unspecified atom stereocenters. The number of carbonyl (C=O) groups excluding carboxylic acids is 2. The molecule has 0 aliphatic carbocycles. The Kier molecular flexibility index (Phi) is 4.68. The minimum atomic E-state index is -0.428. The maximum Gasteiger partial charge on any atom is 0.325 e. The highest BCUT2D eigenvalue weighted by molar-refractivity contribution is 5.94. The van der Waals surface area contributed by atoms with Gasteiger partial charge in [0.15, 0.2) is 5.69 Å². The first-order valence-electron chi connectivity index (χ1n) is 5.46. The highest BCUT2D eigenvalue weighted by Gasteiger charge is 2.20. The van der Waals surface area contributed by atoms with Gasteiger partial charge in [-0.1, -0.05) is 5.16 Å². The van der Waals surface area contributed by atoms with Gasteiger partial charge in [-0.25, -0.2) is 0 Å². The van der Waals surface area contributed by atoms with E-state index in [2.05, 4.69) is 5.16 Å². The van der Waals surface area contributed by atoms with Gasteiger partial charge in [-0.15, -0.1) is 0 Å². The summed E-state index contributed by atoms with van der Waals surface area (Å²) in [6.45, 7) is 5.83. The summed E-state index contributed by atoms with van der Waals surface area (Å²) in [5.74, 6) is -0.208. The highest BCUT2D eigenvalue weighted by atomic mass is 16.5. The first-order valence-corrected chi connectivity index (χ1v) is 5.46. The minimum Gasteiger partial charge on any atom is -0.465 e. The third kappa shape index (κ3) is 3.58. The molecule has 0 fully saturated rings. The summed E-state index contributed by atoms with van der Waals surface area (Å²) >= 11 is 0. The van der Waals surface area contributed by atoms with Gasteiger partial charge in [-0.3, -0.25) is 9.59 Å². The van der Waals surface area contributed by atoms with Crippen molar-refractivity contribution in [1.29, 1.82) is 0 Å². The summed E-state index contributed by atoms with van der Waals surface area (Å²) in [6, 6.07) is 1.54. The van der Waals surface area contributed by atoms with Crippen molar-refractivity contribution in [1.82, 2.24) is 10.1 Å². The summed E-state index contributed by atoms with van der Waals surface area (Å²) in [4.78, 5) is 24.6. The normalized spacial score (nSPS) is 10.1. The van der Waals surface area contributed by atoms with Gasteiger partial charge in [0.25, 0.3) is 5.91 Å². The fourth-order valence-electron chi connectivity index (χ4n) is 1.32. The van der Waals surface area contributed by atoms with E-state index in [9.17, 15) is 9.59 Å². The summed E-state index contributed by atoms with van der Waals surface area (Å²) in [5, 5.41) is 3.62. The van der Waals surface area contributed by atoms with Crippen LogP contribution in [0.3, 0.4) is 0 Å². The molecule has 0 aliphatic rings. The Morgan fingerprint density at radius 1 is 1.47 bits per heavy atom. The zero-order valence-electron chi connectivity index (χ0n) is 10.2. The molecule has 0 bridgehead atoms. The summed E-state index contributed by atoms with van der Waals surface area (Å²) in [5.41, 5.74) is 0.202. The molecule has 0 spiro atoms. The van der Waals surface area contributed by atoms with Crippen LogP contribution >= 0.6 is 0 Å². The molecule has 6 heteroatoms. The van der Waals surface area contributed by atoms with E-state index in [1.54, 1.807) is 20.8 Å². The Morgan fingerprint density at radius 3 is 2.65 bits per heavy atom. The van der Waals surface area contributed by atoms with Gasteiger partial charge in [0.1, 0.15) is 12.3 Å². The lowest BCUT2D eigenvalue weighted by Gasteiger charge is -2.17. The molecule has 1 heterocycles. The molecule has 1 rings (SSSR count). The van der Waals surface area contributed by atoms with Gasteiger partial charge >= 0.3 is 5.97 Å². The van der Waals surface area contributed by atoms with Crippen molar-refractivity contribution in [3.8, 4) is 0 Å². The van der Waals surface area contributed by atoms with Crippen LogP contribution in [0.2, 0.25) is 0 Å². The van der Waals surface area contributed by atoms with Crippen LogP contribution in [-0.4, -0.2) is 41.6 Å². The molecule has 0 saturated heterocycles. The number of hydrogen-bond donors (Lipinski definition) is 0. The van der Waals surface area contributed by atoms with Gasteiger partial charge in [0, 0.05) is 12.6 Å². The summed E-state index contributed by atoms with van der Waals surface area (Å²) in [6.07, 6.45) is 0. The number of amides is 1. The first kappa shape index (κ1) is 13.2. The number of esters is 1. The Bertz CT molecular complexity index is 400. The van der Waals surface area contributed by atoms with Crippen LogP contribution < -0.4 is 0 Å². The molecule has 1 amide bonds. The first-order chi connectivity index (χ1) is 8.08. The largest absolute Gasteiger partial charge is 0.465 e. The van der Waals surface area contributed by atoms with Crippen LogP contribution in [0.15, 0.2) is 10.6 Å². The summed E-state index contributed by atoms with van der Waals surface area (Å²) < 4.78 is 9.61. The molecule has 0 saturated carbocycles. The molecule has 0 aliphatic heterocycles. The SMILES string of the molecule is CCOC(=O)CN(CC)C(=O)c1cc(C)on1. The van der Waals surface area contributed by atoms with E-state index in [0.29, 0.717) is 18.9 Å². The molecule has 0 radical (unpaired) electrons. The van der Waals surface area contributed by atoms with Crippen molar-refractivity contribution in [3.05, 3.63) is 17.5 Å². The number of rotatable bonds is 5. The van der Waals surface area contributed by atoms with Gasteiger partial charge in [0.05, 0.1) is 6.61 Å². The van der Waals surface area contributed by atoms with E-state index in [1.165, 1.54) is 11.0 Å². The number of ether oxygens (including phenoxy) is 1. The van der Waals surface area contributed by atoms with E-state index in [0.717, 1.165) is 0 Å². The Morgan fingerprint density at radius 2 is 2.18 bits per heavy atom. The minimum absolute atomic E-state index is 0.0743. The van der Waals surface area contributed by atoms with Crippen LogP contribution in [-0.2, 0) is 9.53 Å². The van der Waals surface area contributed by atoms with E-state index in [-0.39, 0.29) is 18.1 Å². The molecule has 94 valence electrons. The van der Waals surface area contributed by atoms with Crippen LogP contribution in [0, 0.1) is 6.92 Å². The third-order valence-electron chi connectivity index (χ3n) is 2.14. The molecular weight excluding hydrogens is 224 g/mol. The number of nitrogens with zero attached hydrogens (tertiary/aromatic N) is 2. The second-order valence-electron chi connectivity index (χ2n) is 3.45. The molecule has 0 atom stereocenters. The molecular formula is C11H16N2O4. The Balaban J connectivity index is 2.67. The predicted molar refractivity (Wildman–Crippen MR) is 59.5 cm³/mol. The zero-order valence-corrected chi connectivity index (χ0v) is 10.2. The van der Waals surface area contributed by atoms with Crippen molar-refractivity contribution in [3.63, 3.8) is 0 Å². The van der Waals surface area contributed by atoms with E-state index < -0.39 is 5.97 Å². The van der Waals surface area contributed by atoms with Crippen LogP contribution in [0.4, 0.5) is 0 Å². The quantitative estimate of drug-likeness (QED) is 0.718. The van der Waals surface area contributed by atoms with Gasteiger partial charge in [-0.05, 0) is 20.8 Å². The predicted octanol–water partition coefficient (Wildman–Crippen LogP) is 1.01. The fourth-order valence-corrected chi connectivity index (χ4v) is 1.32. The van der Waals surface area contributed by atoms with Crippen LogP contribution in [0.25, 0.3) is 0 Å². The second kappa shape index (κ2) is 6.03. The lowest BCUT2D eigenvalue weighted by atomic mass is 10.3. The van der Waals surface area contributed by atoms with Crippen molar-refractivity contribution >= 4 is 11.9 Å². The Labute approximate surface area is 99.5 Å². The summed E-state index contributed by atoms with van der Waals surface area (Å²) in [7, 11) is 0. The Hall–Kier alpha value is -1.85. The van der Waals surface area contributed by atoms with Crippen LogP contribution in [0.5, 0.6) is 0 Å². The van der Waals surface area contributed by atoms with Crippen molar-refractivity contribution in [2.45, 2.75) is 20.8 Å². The molecule has 6 nitrogen and oxygen atoms in total. The smallest absolute Gasteiger partial charge is 0.325 e. The molecule has 1 aromatic heterocycles. The van der Waals surface area contributed by atoms with Gasteiger partial charge in [-0.2, -0.15) is 0 Å². The van der Waals surface area contributed by atoms with E-state index >= 15 is 0 Å². The van der Waals surface area contributed by atoms with Crippen molar-refractivity contribution in [2.24, 2.45) is 0 Å². The monoisotopic (exact) mass is 240 g/mol. The topological polar surface area (TPSA) is 72.6 Å². The molecule has 0 aromatic carbocycles. The number of aromatic nitrogens is 1. The van der Waals surface area contributed by atoms with Gasteiger partial charge in [0.2, 0.25) is 0 Å². The lowest BCUT2D eigenvalue weighted by Crippen LogP contribution is -2.36. The highest BCUT2D eigenvalue weighted by Crippen LogP contribution is 2.06. The lowest BCUT2D eigenvalue weighted by molar-refractivity contribution is -0.143. The van der Waals surface area contributed by atoms with E-state index in [4.69, 9.17) is 9.26 Å². The molecule has 17 heavy (non-hydrogen) atoms. The maximum atomic E-state index is 11.9. The third-order valence-corrected chi connectivity index (χ3v) is 2.14. The second-order valence-corrected chi connectivity index (χ2v) is 3.45. The van der Waals surface area contributed by atoms with Crippen molar-refractivity contribution in [2.75, 3.05) is 19.7 Å². The van der Waals surface area contributed by atoms with Crippen molar-refractivity contribution < 1.29 is 18.8 Å².